The number of ether oxygens (including phenoxy) is 1. The number of aliphatic imine (C=N–C) groups is 1. The molecule has 1 atom stereocenters. The van der Waals surface area contributed by atoms with E-state index >= 15 is 0 Å². The maximum absolute atomic E-state index is 12.6. The van der Waals surface area contributed by atoms with Gasteiger partial charge in [0.2, 0.25) is 0 Å². The summed E-state index contributed by atoms with van der Waals surface area (Å²) in [5.41, 5.74) is -0.891. The standard InChI is InChI=1S/C17H20ClF3N4OS/c1-3-22-16(24-9-15-25-14(10-27-15)17(19,20)21)23-8-11(2)26-13-7-5-4-6-12(13)18/h4-7,10-11H,3,8-9H2,1-2H3,(H2,22,23,24). The minimum absolute atomic E-state index is 0.0514. The first-order chi connectivity index (χ1) is 12.8. The van der Waals surface area contributed by atoms with E-state index in [1.807, 2.05) is 26.0 Å². The highest BCUT2D eigenvalue weighted by molar-refractivity contribution is 7.09. The molecule has 0 saturated heterocycles. The molecular weight excluding hydrogens is 401 g/mol. The molecule has 148 valence electrons. The fraction of sp³-hybridized carbons (Fsp3) is 0.412. The molecule has 0 radical (unpaired) electrons. The van der Waals surface area contributed by atoms with Gasteiger partial charge < -0.3 is 15.4 Å². The maximum Gasteiger partial charge on any atom is 0.434 e. The number of aromatic nitrogens is 1. The van der Waals surface area contributed by atoms with Gasteiger partial charge in [0.1, 0.15) is 16.9 Å². The second-order valence-electron chi connectivity index (χ2n) is 5.56. The predicted octanol–water partition coefficient (Wildman–Crippen LogP) is 4.34. The van der Waals surface area contributed by atoms with E-state index in [2.05, 4.69) is 20.6 Å². The molecule has 1 heterocycles. The molecule has 2 rings (SSSR count). The average Bonchev–Trinajstić information content (AvgIpc) is 3.09. The number of benzene rings is 1. The normalized spacial score (nSPS) is 13.3. The van der Waals surface area contributed by atoms with Crippen molar-refractivity contribution < 1.29 is 17.9 Å². The van der Waals surface area contributed by atoms with Crippen molar-refractivity contribution in [2.45, 2.75) is 32.7 Å². The number of thiazole rings is 1. The molecule has 27 heavy (non-hydrogen) atoms. The molecule has 2 N–H and O–H groups in total. The Kier molecular flexibility index (Phi) is 7.73. The summed E-state index contributed by atoms with van der Waals surface area (Å²) in [7, 11) is 0. The Balaban J connectivity index is 1.91. The molecule has 1 aromatic carbocycles. The fourth-order valence-corrected chi connectivity index (χ4v) is 2.95. The van der Waals surface area contributed by atoms with E-state index in [1.54, 1.807) is 12.1 Å². The zero-order chi connectivity index (χ0) is 19.9. The second kappa shape index (κ2) is 9.80. The maximum atomic E-state index is 12.6. The summed E-state index contributed by atoms with van der Waals surface area (Å²) >= 11 is 7.00. The van der Waals surface area contributed by atoms with Crippen LogP contribution in [0.3, 0.4) is 0 Å². The molecule has 0 spiro atoms. The number of guanidine groups is 1. The zero-order valence-corrected chi connectivity index (χ0v) is 16.4. The Labute approximate surface area is 164 Å². The Morgan fingerprint density at radius 3 is 2.70 bits per heavy atom. The van der Waals surface area contributed by atoms with Gasteiger partial charge in [-0.25, -0.2) is 9.98 Å². The number of alkyl halides is 3. The highest BCUT2D eigenvalue weighted by Gasteiger charge is 2.33. The van der Waals surface area contributed by atoms with E-state index in [0.717, 1.165) is 16.7 Å². The van der Waals surface area contributed by atoms with Crippen LogP contribution in [0.5, 0.6) is 5.75 Å². The molecule has 0 amide bonds. The smallest absolute Gasteiger partial charge is 0.434 e. The van der Waals surface area contributed by atoms with Gasteiger partial charge in [-0.1, -0.05) is 23.7 Å². The molecule has 0 aliphatic heterocycles. The summed E-state index contributed by atoms with van der Waals surface area (Å²) in [6.07, 6.45) is -4.64. The lowest BCUT2D eigenvalue weighted by molar-refractivity contribution is -0.140. The van der Waals surface area contributed by atoms with Crippen LogP contribution in [-0.4, -0.2) is 30.1 Å². The summed E-state index contributed by atoms with van der Waals surface area (Å²) in [4.78, 5) is 7.83. The molecule has 0 fully saturated rings. The van der Waals surface area contributed by atoms with Crippen LogP contribution in [0.2, 0.25) is 5.02 Å². The van der Waals surface area contributed by atoms with Gasteiger partial charge in [0.05, 0.1) is 18.1 Å². The van der Waals surface area contributed by atoms with E-state index in [0.29, 0.717) is 34.8 Å². The predicted molar refractivity (Wildman–Crippen MR) is 101 cm³/mol. The summed E-state index contributed by atoms with van der Waals surface area (Å²) in [6.45, 7) is 4.86. The largest absolute Gasteiger partial charge is 0.487 e. The van der Waals surface area contributed by atoms with Gasteiger partial charge >= 0.3 is 6.18 Å². The third-order valence-electron chi connectivity index (χ3n) is 3.28. The van der Waals surface area contributed by atoms with Gasteiger partial charge in [0.25, 0.3) is 0 Å². The van der Waals surface area contributed by atoms with Crippen LogP contribution in [0.15, 0.2) is 34.6 Å². The third-order valence-corrected chi connectivity index (χ3v) is 4.43. The lowest BCUT2D eigenvalue weighted by atomic mass is 10.3. The van der Waals surface area contributed by atoms with Crippen molar-refractivity contribution in [3.05, 3.63) is 45.4 Å². The van der Waals surface area contributed by atoms with Crippen molar-refractivity contribution in [3.8, 4) is 5.75 Å². The number of para-hydroxylation sites is 1. The van der Waals surface area contributed by atoms with Crippen molar-refractivity contribution in [3.63, 3.8) is 0 Å². The first-order valence-electron chi connectivity index (χ1n) is 8.24. The minimum atomic E-state index is -4.44. The molecule has 5 nitrogen and oxygen atoms in total. The highest BCUT2D eigenvalue weighted by Crippen LogP contribution is 2.30. The van der Waals surface area contributed by atoms with Crippen LogP contribution in [0.25, 0.3) is 0 Å². The monoisotopic (exact) mass is 420 g/mol. The lowest BCUT2D eigenvalue weighted by Crippen LogP contribution is -2.41. The van der Waals surface area contributed by atoms with Gasteiger partial charge in [-0.3, -0.25) is 0 Å². The first kappa shape index (κ1) is 21.3. The van der Waals surface area contributed by atoms with Crippen LogP contribution in [-0.2, 0) is 12.7 Å². The van der Waals surface area contributed by atoms with Gasteiger partial charge in [0.15, 0.2) is 11.7 Å². The summed E-state index contributed by atoms with van der Waals surface area (Å²) < 4.78 is 43.6. The average molecular weight is 421 g/mol. The van der Waals surface area contributed by atoms with E-state index in [9.17, 15) is 13.2 Å². The van der Waals surface area contributed by atoms with Gasteiger partial charge in [-0.2, -0.15) is 13.2 Å². The fourth-order valence-electron chi connectivity index (χ4n) is 2.04. The Morgan fingerprint density at radius 2 is 2.07 bits per heavy atom. The second-order valence-corrected chi connectivity index (χ2v) is 6.91. The zero-order valence-electron chi connectivity index (χ0n) is 14.8. The number of nitrogens with zero attached hydrogens (tertiary/aromatic N) is 2. The molecule has 0 aliphatic carbocycles. The minimum Gasteiger partial charge on any atom is -0.487 e. The quantitative estimate of drug-likeness (QED) is 0.517. The van der Waals surface area contributed by atoms with Gasteiger partial charge in [-0.05, 0) is 26.0 Å². The molecule has 10 heteroatoms. The number of rotatable bonds is 7. The van der Waals surface area contributed by atoms with Crippen molar-refractivity contribution in [1.82, 2.24) is 15.6 Å². The Morgan fingerprint density at radius 1 is 1.33 bits per heavy atom. The van der Waals surface area contributed by atoms with E-state index in [4.69, 9.17) is 16.3 Å². The molecule has 0 bridgehead atoms. The molecule has 1 aromatic heterocycles. The summed E-state index contributed by atoms with van der Waals surface area (Å²) in [5.74, 6) is 1.05. The molecule has 2 aromatic rings. The number of nitrogens with one attached hydrogen (secondary N) is 2. The number of hydrogen-bond acceptors (Lipinski definition) is 4. The topological polar surface area (TPSA) is 58.5 Å². The van der Waals surface area contributed by atoms with Crippen LogP contribution < -0.4 is 15.4 Å². The third kappa shape index (κ3) is 6.91. The van der Waals surface area contributed by atoms with E-state index in [-0.39, 0.29) is 12.6 Å². The van der Waals surface area contributed by atoms with Crippen LogP contribution in [0, 0.1) is 0 Å². The van der Waals surface area contributed by atoms with Crippen LogP contribution >= 0.6 is 22.9 Å². The van der Waals surface area contributed by atoms with E-state index in [1.165, 1.54) is 0 Å². The van der Waals surface area contributed by atoms with Crippen molar-refractivity contribution in [1.29, 1.82) is 0 Å². The lowest BCUT2D eigenvalue weighted by Gasteiger charge is -2.18. The van der Waals surface area contributed by atoms with E-state index < -0.39 is 11.9 Å². The van der Waals surface area contributed by atoms with Crippen molar-refractivity contribution in [2.24, 2.45) is 4.99 Å². The highest BCUT2D eigenvalue weighted by atomic mass is 35.5. The molecule has 1 unspecified atom stereocenters. The van der Waals surface area contributed by atoms with Crippen molar-refractivity contribution >= 4 is 28.9 Å². The number of halogens is 4. The van der Waals surface area contributed by atoms with Crippen molar-refractivity contribution in [2.75, 3.05) is 13.1 Å². The summed E-state index contributed by atoms with van der Waals surface area (Å²) in [6, 6.07) is 7.16. The summed E-state index contributed by atoms with van der Waals surface area (Å²) in [5, 5.41) is 7.93. The first-order valence-corrected chi connectivity index (χ1v) is 9.50. The molecule has 0 saturated carbocycles. The van der Waals surface area contributed by atoms with Gasteiger partial charge in [0, 0.05) is 11.9 Å². The Hall–Kier alpha value is -2.00. The molecular formula is C17H20ClF3N4OS. The number of hydrogen-bond donors (Lipinski definition) is 2. The van der Waals surface area contributed by atoms with Gasteiger partial charge in [-0.15, -0.1) is 11.3 Å². The van der Waals surface area contributed by atoms with Crippen LogP contribution in [0.4, 0.5) is 13.2 Å². The SMILES string of the molecule is CCNC(=NCc1nc(C(F)(F)F)cs1)NCC(C)Oc1ccccc1Cl. The molecule has 0 aliphatic rings. The Bertz CT molecular complexity index is 767. The van der Waals surface area contributed by atoms with Crippen LogP contribution in [0.1, 0.15) is 24.5 Å².